The molecule has 4 atom stereocenters. The minimum atomic E-state index is -0.699. The molecule has 0 aliphatic carbocycles. The maximum absolute atomic E-state index is 14.0. The van der Waals surface area contributed by atoms with Gasteiger partial charge in [0, 0.05) is 57.4 Å². The number of hydrogen-bond acceptors (Lipinski definition) is 6. The minimum absolute atomic E-state index is 0.111. The van der Waals surface area contributed by atoms with Crippen molar-refractivity contribution in [2.24, 2.45) is 17.6 Å². The van der Waals surface area contributed by atoms with Crippen LogP contribution < -0.4 is 16.4 Å². The number of carbonyl (C=O) groups excluding carboxylic acids is 2. The van der Waals surface area contributed by atoms with Crippen molar-refractivity contribution in [1.29, 1.82) is 0 Å². The van der Waals surface area contributed by atoms with Crippen LogP contribution in [0.3, 0.4) is 0 Å². The molecule has 1 aromatic rings. The first-order chi connectivity index (χ1) is 17.9. The van der Waals surface area contributed by atoms with E-state index in [9.17, 15) is 18.4 Å². The van der Waals surface area contributed by atoms with Crippen LogP contribution in [0, 0.1) is 23.5 Å². The number of rotatable bonds is 10. The molecule has 0 saturated carbocycles. The van der Waals surface area contributed by atoms with E-state index >= 15 is 0 Å². The van der Waals surface area contributed by atoms with E-state index in [2.05, 4.69) is 15.4 Å². The van der Waals surface area contributed by atoms with Crippen LogP contribution in [0.15, 0.2) is 18.2 Å². The Morgan fingerprint density at radius 3 is 2.70 bits per heavy atom. The van der Waals surface area contributed by atoms with Gasteiger partial charge in [-0.15, -0.1) is 0 Å². The van der Waals surface area contributed by atoms with Crippen LogP contribution in [-0.2, 0) is 14.2 Å². The Morgan fingerprint density at radius 1 is 1.16 bits per heavy atom. The van der Waals surface area contributed by atoms with Gasteiger partial charge in [0.2, 0.25) is 0 Å². The number of methoxy groups -OCH3 is 1. The summed E-state index contributed by atoms with van der Waals surface area (Å²) in [4.78, 5) is 26.0. The number of likely N-dealkylation sites (tertiary alicyclic amines) is 1. The number of nitrogens with one attached hydrogen (secondary N) is 2. The molecule has 2 heterocycles. The van der Waals surface area contributed by atoms with Crippen LogP contribution in [0.5, 0.6) is 0 Å². The molecule has 0 aromatic heterocycles. The van der Waals surface area contributed by atoms with Crippen molar-refractivity contribution in [3.63, 3.8) is 0 Å². The first-order valence-electron chi connectivity index (χ1n) is 13.1. The Bertz CT molecular complexity index is 849. The van der Waals surface area contributed by atoms with Gasteiger partial charge in [0.05, 0.1) is 19.8 Å². The van der Waals surface area contributed by atoms with E-state index in [1.807, 2.05) is 0 Å². The van der Waals surface area contributed by atoms with Gasteiger partial charge in [0.15, 0.2) is 0 Å². The van der Waals surface area contributed by atoms with Crippen molar-refractivity contribution in [3.05, 3.63) is 35.4 Å². The molecular formula is C26H40F2N4O5. The van der Waals surface area contributed by atoms with Crippen LogP contribution >= 0.6 is 0 Å². The number of piperidine rings is 1. The Labute approximate surface area is 217 Å². The van der Waals surface area contributed by atoms with E-state index in [-0.39, 0.29) is 31.1 Å². The summed E-state index contributed by atoms with van der Waals surface area (Å²) in [5.74, 6) is -1.17. The summed E-state index contributed by atoms with van der Waals surface area (Å²) in [7, 11) is 1.26. The lowest BCUT2D eigenvalue weighted by Gasteiger charge is -2.37. The summed E-state index contributed by atoms with van der Waals surface area (Å²) in [5, 5.41) is 5.47. The Kier molecular flexibility index (Phi) is 11.8. The van der Waals surface area contributed by atoms with E-state index in [1.54, 1.807) is 4.90 Å². The van der Waals surface area contributed by atoms with Crippen molar-refractivity contribution in [2.45, 2.75) is 50.7 Å². The van der Waals surface area contributed by atoms with Crippen molar-refractivity contribution in [1.82, 2.24) is 15.5 Å². The van der Waals surface area contributed by atoms with Crippen molar-refractivity contribution < 1.29 is 32.6 Å². The lowest BCUT2D eigenvalue weighted by molar-refractivity contribution is -0.00881. The second-order valence-electron chi connectivity index (χ2n) is 9.88. The lowest BCUT2D eigenvalue weighted by atomic mass is 9.88. The smallest absolute Gasteiger partial charge is 0.406 e. The summed E-state index contributed by atoms with van der Waals surface area (Å²) in [6, 6.07) is 2.93. The molecule has 4 N–H and O–H groups in total. The van der Waals surface area contributed by atoms with Crippen LogP contribution in [0.25, 0.3) is 0 Å². The highest BCUT2D eigenvalue weighted by molar-refractivity contribution is 5.74. The van der Waals surface area contributed by atoms with Crippen LogP contribution in [0.4, 0.5) is 18.4 Å². The fourth-order valence-electron chi connectivity index (χ4n) is 5.09. The van der Waals surface area contributed by atoms with Crippen LogP contribution in [-0.4, -0.2) is 76.2 Å². The van der Waals surface area contributed by atoms with E-state index < -0.39 is 23.8 Å². The number of nitrogens with zero attached hydrogens (tertiary/aromatic N) is 1. The van der Waals surface area contributed by atoms with E-state index in [0.717, 1.165) is 51.2 Å². The molecule has 37 heavy (non-hydrogen) atoms. The minimum Gasteiger partial charge on any atom is -0.453 e. The molecule has 2 aliphatic heterocycles. The number of alkyl carbamates (subject to hydrolysis) is 1. The quantitative estimate of drug-likeness (QED) is 0.403. The summed E-state index contributed by atoms with van der Waals surface area (Å²) in [6.45, 7) is 3.10. The Morgan fingerprint density at radius 2 is 1.95 bits per heavy atom. The fourth-order valence-corrected chi connectivity index (χ4v) is 5.09. The summed E-state index contributed by atoms with van der Waals surface area (Å²) >= 11 is 0. The number of urea groups is 1. The lowest BCUT2D eigenvalue weighted by Crippen LogP contribution is -2.49. The third-order valence-corrected chi connectivity index (χ3v) is 6.90. The maximum atomic E-state index is 14.0. The second kappa shape index (κ2) is 15.0. The topological polar surface area (TPSA) is 115 Å². The Balaban J connectivity index is 1.57. The van der Waals surface area contributed by atoms with Crippen molar-refractivity contribution in [3.8, 4) is 0 Å². The molecule has 208 valence electrons. The van der Waals surface area contributed by atoms with Gasteiger partial charge in [-0.3, -0.25) is 0 Å². The number of hydrogen-bond donors (Lipinski definition) is 3. The summed E-state index contributed by atoms with van der Waals surface area (Å²) < 4.78 is 44.2. The normalized spacial score (nSPS) is 22.0. The first-order valence-corrected chi connectivity index (χ1v) is 13.1. The molecule has 3 amide bonds. The predicted octanol–water partition coefficient (Wildman–Crippen LogP) is 3.33. The van der Waals surface area contributed by atoms with Gasteiger partial charge < -0.3 is 35.5 Å². The van der Waals surface area contributed by atoms with Gasteiger partial charge in [-0.2, -0.15) is 0 Å². The molecule has 9 nitrogen and oxygen atoms in total. The molecule has 2 aliphatic rings. The molecule has 1 aromatic carbocycles. The number of nitrogens with two attached hydrogens (primary N) is 1. The second-order valence-corrected chi connectivity index (χ2v) is 9.88. The molecule has 0 bridgehead atoms. The molecular weight excluding hydrogens is 486 g/mol. The molecule has 11 heteroatoms. The van der Waals surface area contributed by atoms with Gasteiger partial charge in [-0.1, -0.05) is 6.42 Å². The van der Waals surface area contributed by atoms with Gasteiger partial charge in [-0.25, -0.2) is 18.4 Å². The molecule has 1 unspecified atom stereocenters. The molecule has 2 saturated heterocycles. The highest BCUT2D eigenvalue weighted by Crippen LogP contribution is 2.33. The maximum Gasteiger partial charge on any atom is 0.406 e. The van der Waals surface area contributed by atoms with Crippen molar-refractivity contribution in [2.75, 3.05) is 53.1 Å². The third-order valence-electron chi connectivity index (χ3n) is 6.90. The van der Waals surface area contributed by atoms with E-state index in [1.165, 1.54) is 19.2 Å². The highest BCUT2D eigenvalue weighted by Gasteiger charge is 2.32. The molecule has 0 radical (unpaired) electrons. The molecule has 3 rings (SSSR count). The average molecular weight is 527 g/mol. The summed E-state index contributed by atoms with van der Waals surface area (Å²) in [6.07, 6.45) is 4.29. The highest BCUT2D eigenvalue weighted by atomic mass is 19.1. The van der Waals surface area contributed by atoms with E-state index in [0.29, 0.717) is 37.7 Å². The third kappa shape index (κ3) is 9.71. The van der Waals surface area contributed by atoms with Crippen molar-refractivity contribution >= 4 is 12.1 Å². The van der Waals surface area contributed by atoms with Gasteiger partial charge >= 0.3 is 12.1 Å². The molecule has 2 fully saturated rings. The average Bonchev–Trinajstić information content (AvgIpc) is 3.15. The van der Waals surface area contributed by atoms with Crippen LogP contribution in [0.1, 0.15) is 50.2 Å². The predicted molar refractivity (Wildman–Crippen MR) is 134 cm³/mol. The van der Waals surface area contributed by atoms with Crippen LogP contribution in [0.2, 0.25) is 0 Å². The zero-order chi connectivity index (χ0) is 26.6. The number of ether oxygens (including phenoxy) is 3. The Hall–Kier alpha value is -2.50. The standard InChI is InChI=1S/C26H40F2N4O5/c1-35-26(34)30-7-10-37-24(20-12-21(27)14-22(28)13-20)19-6-4-8-32(16-19)25(33)31-15-23(29)11-18-5-2-3-9-36-17-18/h12-14,18-19,23-24H,2-11,15-17,29H2,1H3,(H,30,34)(H,31,33)/t18-,19-,23-,24?/m1/s1. The number of benzene rings is 1. The van der Waals surface area contributed by atoms with E-state index in [4.69, 9.17) is 15.2 Å². The monoisotopic (exact) mass is 526 g/mol. The summed E-state index contributed by atoms with van der Waals surface area (Å²) in [5.41, 5.74) is 6.65. The van der Waals surface area contributed by atoms with Gasteiger partial charge in [0.25, 0.3) is 0 Å². The SMILES string of the molecule is COC(=O)NCCOC(c1cc(F)cc(F)c1)[C@@H]1CCCN(C(=O)NC[C@H](N)C[C@H]2CCCCOC2)C1. The fraction of sp³-hybridized carbons (Fsp3) is 0.692. The van der Waals surface area contributed by atoms with Gasteiger partial charge in [0.1, 0.15) is 11.6 Å². The first kappa shape index (κ1) is 29.1. The zero-order valence-electron chi connectivity index (χ0n) is 21.6. The number of amides is 3. The number of carbonyl (C=O) groups is 2. The molecule has 0 spiro atoms. The largest absolute Gasteiger partial charge is 0.453 e. The van der Waals surface area contributed by atoms with Gasteiger partial charge in [-0.05, 0) is 55.7 Å². The number of halogens is 2. The zero-order valence-corrected chi connectivity index (χ0v) is 21.6.